The van der Waals surface area contributed by atoms with Gasteiger partial charge in [-0.3, -0.25) is 4.79 Å². The number of ether oxygens (including phenoxy) is 2. The Morgan fingerprint density at radius 1 is 1.00 bits per heavy atom. The zero-order valence-electron chi connectivity index (χ0n) is 16.4. The average molecular weight is 365 g/mol. The fraction of sp³-hybridized carbons (Fsp3) is 0.391. The highest BCUT2D eigenvalue weighted by Crippen LogP contribution is 2.31. The van der Waals surface area contributed by atoms with Gasteiger partial charge in [-0.25, -0.2) is 0 Å². The summed E-state index contributed by atoms with van der Waals surface area (Å²) in [7, 11) is 0. The number of hydrogen-bond acceptors (Lipinski definition) is 4. The Hall–Kier alpha value is -2.80. The summed E-state index contributed by atoms with van der Waals surface area (Å²) in [6.07, 6.45) is 3.17. The molecule has 27 heavy (non-hydrogen) atoms. The first kappa shape index (κ1) is 20.5. The van der Waals surface area contributed by atoms with E-state index in [1.807, 2.05) is 37.3 Å². The lowest BCUT2D eigenvalue weighted by Crippen LogP contribution is -2.04. The first-order chi connectivity index (χ1) is 13.1. The molecule has 0 amide bonds. The molecule has 0 saturated carbocycles. The predicted molar refractivity (Wildman–Crippen MR) is 107 cm³/mol. The van der Waals surface area contributed by atoms with Gasteiger partial charge in [0, 0.05) is 6.42 Å². The van der Waals surface area contributed by atoms with Crippen LogP contribution in [-0.2, 0) is 9.53 Å². The Morgan fingerprint density at radius 3 is 2.41 bits per heavy atom. The summed E-state index contributed by atoms with van der Waals surface area (Å²) >= 11 is 0. The Bertz CT molecular complexity index is 804. The van der Waals surface area contributed by atoms with E-state index in [1.54, 1.807) is 0 Å². The molecular weight excluding hydrogens is 338 g/mol. The molecule has 0 aromatic heterocycles. The molecule has 4 nitrogen and oxygen atoms in total. The predicted octanol–water partition coefficient (Wildman–Crippen LogP) is 5.34. The molecule has 0 atom stereocenters. The second kappa shape index (κ2) is 10.4. The molecule has 0 bridgehead atoms. The fourth-order valence-corrected chi connectivity index (χ4v) is 2.95. The van der Waals surface area contributed by atoms with Crippen molar-refractivity contribution in [2.45, 2.75) is 46.5 Å². The van der Waals surface area contributed by atoms with Crippen molar-refractivity contribution < 1.29 is 14.3 Å². The summed E-state index contributed by atoms with van der Waals surface area (Å²) in [6, 6.07) is 13.9. The smallest absolute Gasteiger partial charge is 0.305 e. The maximum atomic E-state index is 11.3. The summed E-state index contributed by atoms with van der Waals surface area (Å²) in [5, 5.41) is 8.93. The van der Waals surface area contributed by atoms with Crippen molar-refractivity contribution in [1.82, 2.24) is 0 Å². The van der Waals surface area contributed by atoms with Crippen molar-refractivity contribution in [1.29, 1.82) is 5.26 Å². The standard InChI is InChI=1S/C23H27NO3/c1-4-26-23(25)8-6-5-7-15-27-22-14-13-21(17(2)18(22)3)20-11-9-19(16-24)10-12-20/h9-14H,4-8,15H2,1-3H3. The molecule has 0 saturated heterocycles. The van der Waals surface area contributed by atoms with Gasteiger partial charge in [0.05, 0.1) is 24.8 Å². The summed E-state index contributed by atoms with van der Waals surface area (Å²) in [4.78, 5) is 11.3. The fourth-order valence-electron chi connectivity index (χ4n) is 2.95. The van der Waals surface area contributed by atoms with Crippen molar-refractivity contribution >= 4 is 5.97 Å². The molecule has 0 heterocycles. The van der Waals surface area contributed by atoms with E-state index in [1.165, 1.54) is 5.56 Å². The highest BCUT2D eigenvalue weighted by molar-refractivity contribution is 5.70. The number of esters is 1. The number of nitriles is 1. The SMILES string of the molecule is CCOC(=O)CCCCCOc1ccc(-c2ccc(C#N)cc2)c(C)c1C. The minimum Gasteiger partial charge on any atom is -0.493 e. The first-order valence-corrected chi connectivity index (χ1v) is 9.46. The van der Waals surface area contributed by atoms with Crippen LogP contribution >= 0.6 is 0 Å². The average Bonchev–Trinajstić information content (AvgIpc) is 2.68. The van der Waals surface area contributed by atoms with E-state index < -0.39 is 0 Å². The van der Waals surface area contributed by atoms with Crippen LogP contribution in [0.2, 0.25) is 0 Å². The number of benzene rings is 2. The highest BCUT2D eigenvalue weighted by Gasteiger charge is 2.09. The number of rotatable bonds is 9. The van der Waals surface area contributed by atoms with Crippen LogP contribution in [0.4, 0.5) is 0 Å². The van der Waals surface area contributed by atoms with Gasteiger partial charge in [0.1, 0.15) is 5.75 Å². The third-order valence-electron chi connectivity index (χ3n) is 4.65. The van der Waals surface area contributed by atoms with Crippen LogP contribution in [-0.4, -0.2) is 19.2 Å². The molecule has 0 spiro atoms. The normalized spacial score (nSPS) is 10.3. The van der Waals surface area contributed by atoms with Crippen LogP contribution in [0.25, 0.3) is 11.1 Å². The van der Waals surface area contributed by atoms with Gasteiger partial charge in [-0.15, -0.1) is 0 Å². The van der Waals surface area contributed by atoms with Crippen molar-refractivity contribution in [3.63, 3.8) is 0 Å². The molecule has 0 radical (unpaired) electrons. The van der Waals surface area contributed by atoms with E-state index in [9.17, 15) is 4.79 Å². The number of carbonyl (C=O) groups excluding carboxylic acids is 1. The molecule has 0 aliphatic carbocycles. The second-order valence-electron chi connectivity index (χ2n) is 6.51. The second-order valence-corrected chi connectivity index (χ2v) is 6.51. The van der Waals surface area contributed by atoms with Crippen LogP contribution in [0.3, 0.4) is 0 Å². The van der Waals surface area contributed by atoms with E-state index in [0.717, 1.165) is 41.7 Å². The van der Waals surface area contributed by atoms with Crippen LogP contribution in [0.15, 0.2) is 36.4 Å². The third kappa shape index (κ3) is 5.86. The quantitative estimate of drug-likeness (QED) is 0.444. The lowest BCUT2D eigenvalue weighted by atomic mass is 9.96. The Labute approximate surface area is 161 Å². The third-order valence-corrected chi connectivity index (χ3v) is 4.65. The largest absolute Gasteiger partial charge is 0.493 e. The number of unbranched alkanes of at least 4 members (excludes halogenated alkanes) is 2. The molecule has 0 N–H and O–H groups in total. The van der Waals surface area contributed by atoms with E-state index in [2.05, 4.69) is 26.0 Å². The molecule has 2 aromatic rings. The van der Waals surface area contributed by atoms with Crippen molar-refractivity contribution in [2.24, 2.45) is 0 Å². The topological polar surface area (TPSA) is 59.3 Å². The lowest BCUT2D eigenvalue weighted by Gasteiger charge is -2.15. The van der Waals surface area contributed by atoms with E-state index in [0.29, 0.717) is 25.2 Å². The molecule has 0 unspecified atom stereocenters. The van der Waals surface area contributed by atoms with Crippen molar-refractivity contribution in [3.8, 4) is 22.9 Å². The summed E-state index contributed by atoms with van der Waals surface area (Å²) in [5.41, 5.74) is 5.22. The Balaban J connectivity index is 1.89. The molecule has 0 aliphatic rings. The maximum absolute atomic E-state index is 11.3. The van der Waals surface area contributed by atoms with Gasteiger partial charge in [0.15, 0.2) is 0 Å². The van der Waals surface area contributed by atoms with Gasteiger partial charge in [0.2, 0.25) is 0 Å². The van der Waals surface area contributed by atoms with Crippen LogP contribution in [0.5, 0.6) is 5.75 Å². The van der Waals surface area contributed by atoms with E-state index in [4.69, 9.17) is 14.7 Å². The molecule has 2 aromatic carbocycles. The van der Waals surface area contributed by atoms with Crippen LogP contribution < -0.4 is 4.74 Å². The van der Waals surface area contributed by atoms with Crippen LogP contribution in [0, 0.1) is 25.2 Å². The molecular formula is C23H27NO3. The minimum atomic E-state index is -0.122. The summed E-state index contributed by atoms with van der Waals surface area (Å²) in [6.45, 7) is 7.06. The minimum absolute atomic E-state index is 0.122. The van der Waals surface area contributed by atoms with Gasteiger partial charge < -0.3 is 9.47 Å². The molecule has 0 fully saturated rings. The lowest BCUT2D eigenvalue weighted by molar-refractivity contribution is -0.143. The van der Waals surface area contributed by atoms with Gasteiger partial charge >= 0.3 is 5.97 Å². The number of nitrogens with zero attached hydrogens (tertiary/aromatic N) is 1. The summed E-state index contributed by atoms with van der Waals surface area (Å²) in [5.74, 6) is 0.776. The maximum Gasteiger partial charge on any atom is 0.305 e. The summed E-state index contributed by atoms with van der Waals surface area (Å²) < 4.78 is 10.9. The molecule has 142 valence electrons. The van der Waals surface area contributed by atoms with Gasteiger partial charge in [-0.1, -0.05) is 18.2 Å². The first-order valence-electron chi connectivity index (χ1n) is 9.46. The highest BCUT2D eigenvalue weighted by atomic mass is 16.5. The van der Waals surface area contributed by atoms with Gasteiger partial charge in [-0.2, -0.15) is 5.26 Å². The van der Waals surface area contributed by atoms with Gasteiger partial charge in [0.25, 0.3) is 0 Å². The van der Waals surface area contributed by atoms with E-state index >= 15 is 0 Å². The monoisotopic (exact) mass is 365 g/mol. The van der Waals surface area contributed by atoms with Crippen molar-refractivity contribution in [3.05, 3.63) is 53.1 Å². The van der Waals surface area contributed by atoms with E-state index in [-0.39, 0.29) is 5.97 Å². The number of carbonyl (C=O) groups is 1. The van der Waals surface area contributed by atoms with Crippen LogP contribution in [0.1, 0.15) is 49.3 Å². The molecule has 4 heteroatoms. The zero-order chi connectivity index (χ0) is 19.6. The molecule has 2 rings (SSSR count). The Kier molecular flexibility index (Phi) is 7.88. The molecule has 0 aliphatic heterocycles. The Morgan fingerprint density at radius 2 is 1.74 bits per heavy atom. The number of hydrogen-bond donors (Lipinski definition) is 0. The zero-order valence-corrected chi connectivity index (χ0v) is 16.4. The van der Waals surface area contributed by atoms with Crippen molar-refractivity contribution in [2.75, 3.05) is 13.2 Å². The van der Waals surface area contributed by atoms with Gasteiger partial charge in [-0.05, 0) is 80.5 Å².